The van der Waals surface area contributed by atoms with E-state index in [9.17, 15) is 14.4 Å². The Balaban J connectivity index is 1.30. The number of esters is 2. The van der Waals surface area contributed by atoms with Gasteiger partial charge in [0.1, 0.15) is 5.75 Å². The Morgan fingerprint density at radius 1 is 0.771 bits per heavy atom. The number of benzene rings is 3. The molecule has 1 heterocycles. The van der Waals surface area contributed by atoms with Crippen molar-refractivity contribution in [3.8, 4) is 16.9 Å². The van der Waals surface area contributed by atoms with Crippen LogP contribution >= 0.6 is 0 Å². The highest BCUT2D eigenvalue weighted by Crippen LogP contribution is 2.23. The van der Waals surface area contributed by atoms with Crippen LogP contribution in [0.1, 0.15) is 24.2 Å². The van der Waals surface area contributed by atoms with Gasteiger partial charge in [-0.05, 0) is 54.4 Å². The molecule has 3 aromatic carbocycles. The molecule has 0 N–H and O–H groups in total. The van der Waals surface area contributed by atoms with Crippen LogP contribution in [0.2, 0.25) is 0 Å². The number of piperazine rings is 1. The van der Waals surface area contributed by atoms with Crippen molar-refractivity contribution in [2.24, 2.45) is 0 Å². The van der Waals surface area contributed by atoms with Gasteiger partial charge in [-0.2, -0.15) is 0 Å². The molecule has 1 unspecified atom stereocenters. The molecule has 1 saturated heterocycles. The average molecular weight is 473 g/mol. The molecular formula is C28H28N2O5. The molecule has 0 aliphatic carbocycles. The van der Waals surface area contributed by atoms with Crippen molar-refractivity contribution in [3.63, 3.8) is 0 Å². The Kier molecular flexibility index (Phi) is 7.45. The summed E-state index contributed by atoms with van der Waals surface area (Å²) in [6, 6.07) is 24.2. The molecule has 7 nitrogen and oxygen atoms in total. The summed E-state index contributed by atoms with van der Waals surface area (Å²) in [5.41, 5.74) is 3.33. The van der Waals surface area contributed by atoms with E-state index >= 15 is 0 Å². The summed E-state index contributed by atoms with van der Waals surface area (Å²) < 4.78 is 10.5. The lowest BCUT2D eigenvalue weighted by Gasteiger charge is -2.37. The van der Waals surface area contributed by atoms with Crippen LogP contribution in [0.3, 0.4) is 0 Å². The largest absolute Gasteiger partial charge is 0.449 e. The Morgan fingerprint density at radius 3 is 1.91 bits per heavy atom. The fourth-order valence-electron chi connectivity index (χ4n) is 4.04. The van der Waals surface area contributed by atoms with Crippen LogP contribution in [0.4, 0.5) is 5.69 Å². The van der Waals surface area contributed by atoms with E-state index in [2.05, 4.69) is 17.0 Å². The summed E-state index contributed by atoms with van der Waals surface area (Å²) in [5, 5.41) is 0. The molecule has 4 rings (SSSR count). The van der Waals surface area contributed by atoms with E-state index in [4.69, 9.17) is 9.47 Å². The monoisotopic (exact) mass is 472 g/mol. The molecule has 1 aliphatic rings. The van der Waals surface area contributed by atoms with Crippen LogP contribution in [-0.2, 0) is 14.3 Å². The topological polar surface area (TPSA) is 76.2 Å². The maximum atomic E-state index is 12.8. The van der Waals surface area contributed by atoms with Crippen LogP contribution < -0.4 is 9.64 Å². The van der Waals surface area contributed by atoms with Gasteiger partial charge in [-0.1, -0.05) is 42.5 Å². The van der Waals surface area contributed by atoms with Crippen LogP contribution in [0.15, 0.2) is 78.9 Å². The first kappa shape index (κ1) is 24.0. The standard InChI is InChI=1S/C28H28N2O5/c1-20(27(32)30-18-16-29(17-19-30)25-6-4-3-5-7-25)34-28(33)24-10-8-22(9-11-24)23-12-14-26(15-13-23)35-21(2)31/h3-15,20H,16-19H2,1-2H3. The van der Waals surface area contributed by atoms with Gasteiger partial charge < -0.3 is 19.3 Å². The van der Waals surface area contributed by atoms with Gasteiger partial charge in [0.2, 0.25) is 0 Å². The van der Waals surface area contributed by atoms with Gasteiger partial charge in [0.05, 0.1) is 5.56 Å². The Bertz CT molecular complexity index is 1170. The molecule has 7 heteroatoms. The molecule has 35 heavy (non-hydrogen) atoms. The Hall–Kier alpha value is -4.13. The number of carbonyl (C=O) groups excluding carboxylic acids is 3. The molecule has 0 saturated carbocycles. The van der Waals surface area contributed by atoms with E-state index in [1.54, 1.807) is 36.1 Å². The van der Waals surface area contributed by atoms with Crippen LogP contribution in [0.25, 0.3) is 11.1 Å². The van der Waals surface area contributed by atoms with E-state index in [1.807, 2.05) is 42.5 Å². The third-order valence-electron chi connectivity index (χ3n) is 5.91. The highest BCUT2D eigenvalue weighted by molar-refractivity contribution is 5.92. The third kappa shape index (κ3) is 6.06. The van der Waals surface area contributed by atoms with Gasteiger partial charge in [-0.15, -0.1) is 0 Å². The molecule has 1 amide bonds. The SMILES string of the molecule is CC(=O)Oc1ccc(-c2ccc(C(=O)OC(C)C(=O)N3CCN(c4ccccc4)CC3)cc2)cc1. The summed E-state index contributed by atoms with van der Waals surface area (Å²) in [5.74, 6) is -0.620. The number of hydrogen-bond acceptors (Lipinski definition) is 6. The number of amides is 1. The number of rotatable bonds is 6. The molecule has 1 aliphatic heterocycles. The van der Waals surface area contributed by atoms with E-state index in [0.29, 0.717) is 24.4 Å². The Morgan fingerprint density at radius 2 is 1.34 bits per heavy atom. The fraction of sp³-hybridized carbons (Fsp3) is 0.250. The van der Waals surface area contributed by atoms with Crippen molar-refractivity contribution in [3.05, 3.63) is 84.4 Å². The van der Waals surface area contributed by atoms with Gasteiger partial charge >= 0.3 is 11.9 Å². The van der Waals surface area contributed by atoms with Gasteiger partial charge in [0.25, 0.3) is 5.91 Å². The first-order valence-corrected chi connectivity index (χ1v) is 11.6. The van der Waals surface area contributed by atoms with Crippen molar-refractivity contribution in [1.82, 2.24) is 4.90 Å². The Labute approximate surface area is 204 Å². The predicted molar refractivity (Wildman–Crippen MR) is 133 cm³/mol. The molecular weight excluding hydrogens is 444 g/mol. The first-order valence-electron chi connectivity index (χ1n) is 11.6. The van der Waals surface area contributed by atoms with E-state index < -0.39 is 12.1 Å². The molecule has 1 fully saturated rings. The predicted octanol–water partition coefficient (Wildman–Crippen LogP) is 4.17. The maximum absolute atomic E-state index is 12.8. The van der Waals surface area contributed by atoms with E-state index in [0.717, 1.165) is 29.9 Å². The summed E-state index contributed by atoms with van der Waals surface area (Å²) in [6.45, 7) is 5.61. The fourth-order valence-corrected chi connectivity index (χ4v) is 4.04. The zero-order valence-electron chi connectivity index (χ0n) is 19.8. The van der Waals surface area contributed by atoms with E-state index in [1.165, 1.54) is 6.92 Å². The lowest BCUT2D eigenvalue weighted by molar-refractivity contribution is -0.140. The second-order valence-corrected chi connectivity index (χ2v) is 8.39. The summed E-state index contributed by atoms with van der Waals surface area (Å²) in [6.07, 6.45) is -0.862. The maximum Gasteiger partial charge on any atom is 0.338 e. The van der Waals surface area contributed by atoms with Gasteiger partial charge in [-0.25, -0.2) is 4.79 Å². The highest BCUT2D eigenvalue weighted by Gasteiger charge is 2.27. The zero-order valence-corrected chi connectivity index (χ0v) is 19.8. The second-order valence-electron chi connectivity index (χ2n) is 8.39. The number of carbonyl (C=O) groups is 3. The first-order chi connectivity index (χ1) is 16.9. The summed E-state index contributed by atoms with van der Waals surface area (Å²) in [4.78, 5) is 40.5. The van der Waals surface area contributed by atoms with Crippen LogP contribution in [0.5, 0.6) is 5.75 Å². The smallest absolute Gasteiger partial charge is 0.338 e. The number of para-hydroxylation sites is 1. The molecule has 0 aromatic heterocycles. The van der Waals surface area contributed by atoms with Crippen molar-refractivity contribution >= 4 is 23.5 Å². The number of hydrogen-bond donors (Lipinski definition) is 0. The summed E-state index contributed by atoms with van der Waals surface area (Å²) >= 11 is 0. The molecule has 3 aromatic rings. The minimum Gasteiger partial charge on any atom is -0.449 e. The van der Waals surface area contributed by atoms with Gasteiger partial charge in [-0.3, -0.25) is 9.59 Å². The number of ether oxygens (including phenoxy) is 2. The lowest BCUT2D eigenvalue weighted by Crippen LogP contribution is -2.51. The number of nitrogens with zero attached hydrogens (tertiary/aromatic N) is 2. The quantitative estimate of drug-likeness (QED) is 0.396. The van der Waals surface area contributed by atoms with Crippen molar-refractivity contribution in [2.75, 3.05) is 31.1 Å². The molecule has 180 valence electrons. The zero-order chi connectivity index (χ0) is 24.8. The molecule has 0 bridgehead atoms. The minimum absolute atomic E-state index is 0.185. The third-order valence-corrected chi connectivity index (χ3v) is 5.91. The lowest BCUT2D eigenvalue weighted by atomic mass is 10.0. The summed E-state index contributed by atoms with van der Waals surface area (Å²) in [7, 11) is 0. The van der Waals surface area contributed by atoms with Crippen molar-refractivity contribution in [1.29, 1.82) is 0 Å². The van der Waals surface area contributed by atoms with Gasteiger partial charge in [0, 0.05) is 38.8 Å². The molecule has 0 radical (unpaired) electrons. The number of anilines is 1. The minimum atomic E-state index is -0.862. The van der Waals surface area contributed by atoms with Crippen molar-refractivity contribution in [2.45, 2.75) is 20.0 Å². The highest BCUT2D eigenvalue weighted by atomic mass is 16.5. The molecule has 0 spiro atoms. The van der Waals surface area contributed by atoms with Crippen LogP contribution in [-0.4, -0.2) is 55.0 Å². The second kappa shape index (κ2) is 10.9. The van der Waals surface area contributed by atoms with Gasteiger partial charge in [0.15, 0.2) is 6.10 Å². The van der Waals surface area contributed by atoms with E-state index in [-0.39, 0.29) is 11.9 Å². The van der Waals surface area contributed by atoms with Crippen LogP contribution in [0, 0.1) is 0 Å². The molecule has 1 atom stereocenters. The normalized spacial score (nSPS) is 14.2. The van der Waals surface area contributed by atoms with Crippen molar-refractivity contribution < 1.29 is 23.9 Å². The average Bonchev–Trinajstić information content (AvgIpc) is 2.89.